The van der Waals surface area contributed by atoms with Gasteiger partial charge in [0.2, 0.25) is 10.0 Å². The standard InChI is InChI=1S/C18H28N2O3S/c1-6-17-14(4)10-11-20(17)18(21)15-8-7-9-16(12-15)24(22,23)19(5)13(2)3/h7-9,12-14,17H,6,10-11H2,1-5H3/t14-,17+/m0/s1. The molecule has 1 aliphatic heterocycles. The van der Waals surface area contributed by atoms with Gasteiger partial charge in [-0.1, -0.05) is 19.9 Å². The SMILES string of the molecule is CC[C@@H]1[C@@H](C)CCN1C(=O)c1cccc(S(=O)(=O)N(C)C(C)C)c1. The molecule has 2 rings (SSSR count). The highest BCUT2D eigenvalue weighted by molar-refractivity contribution is 7.89. The van der Waals surface area contributed by atoms with Gasteiger partial charge in [0, 0.05) is 31.2 Å². The fourth-order valence-corrected chi connectivity index (χ4v) is 4.70. The van der Waals surface area contributed by atoms with Crippen molar-refractivity contribution in [2.24, 2.45) is 5.92 Å². The molecule has 24 heavy (non-hydrogen) atoms. The predicted molar refractivity (Wildman–Crippen MR) is 95.4 cm³/mol. The maximum Gasteiger partial charge on any atom is 0.254 e. The third kappa shape index (κ3) is 3.49. The quantitative estimate of drug-likeness (QED) is 0.818. The third-order valence-electron chi connectivity index (χ3n) is 5.05. The number of hydrogen-bond acceptors (Lipinski definition) is 3. The van der Waals surface area contributed by atoms with Gasteiger partial charge < -0.3 is 4.90 Å². The van der Waals surface area contributed by atoms with Crippen molar-refractivity contribution in [1.82, 2.24) is 9.21 Å². The molecule has 5 nitrogen and oxygen atoms in total. The van der Waals surface area contributed by atoms with Gasteiger partial charge in [0.25, 0.3) is 5.91 Å². The highest BCUT2D eigenvalue weighted by atomic mass is 32.2. The van der Waals surface area contributed by atoms with Gasteiger partial charge >= 0.3 is 0 Å². The van der Waals surface area contributed by atoms with Crippen molar-refractivity contribution in [3.8, 4) is 0 Å². The summed E-state index contributed by atoms with van der Waals surface area (Å²) in [6.07, 6.45) is 1.92. The lowest BCUT2D eigenvalue weighted by Gasteiger charge is -2.26. The Hall–Kier alpha value is -1.40. The molecule has 6 heteroatoms. The monoisotopic (exact) mass is 352 g/mol. The lowest BCUT2D eigenvalue weighted by molar-refractivity contribution is 0.0718. The molecule has 0 spiro atoms. The largest absolute Gasteiger partial charge is 0.335 e. The predicted octanol–water partition coefficient (Wildman–Crippen LogP) is 2.98. The molecular formula is C18H28N2O3S. The van der Waals surface area contributed by atoms with Crippen molar-refractivity contribution in [3.63, 3.8) is 0 Å². The zero-order valence-corrected chi connectivity index (χ0v) is 16.0. The summed E-state index contributed by atoms with van der Waals surface area (Å²) in [7, 11) is -2.03. The van der Waals surface area contributed by atoms with E-state index in [0.717, 1.165) is 19.4 Å². The second kappa shape index (κ2) is 7.23. The van der Waals surface area contributed by atoms with E-state index in [0.29, 0.717) is 11.5 Å². The van der Waals surface area contributed by atoms with Gasteiger partial charge in [0.15, 0.2) is 0 Å². The fraction of sp³-hybridized carbons (Fsp3) is 0.611. The summed E-state index contributed by atoms with van der Waals surface area (Å²) in [5.74, 6) is 0.411. The Morgan fingerprint density at radius 2 is 2.04 bits per heavy atom. The van der Waals surface area contributed by atoms with Gasteiger partial charge in [0.1, 0.15) is 0 Å². The van der Waals surface area contributed by atoms with Crippen molar-refractivity contribution in [1.29, 1.82) is 0 Å². The van der Waals surface area contributed by atoms with E-state index in [1.165, 1.54) is 10.4 Å². The number of rotatable bonds is 5. The molecule has 134 valence electrons. The van der Waals surface area contributed by atoms with Crippen LogP contribution in [0.3, 0.4) is 0 Å². The van der Waals surface area contributed by atoms with Crippen LogP contribution in [0, 0.1) is 5.92 Å². The van der Waals surface area contributed by atoms with Crippen LogP contribution in [-0.2, 0) is 10.0 Å². The van der Waals surface area contributed by atoms with Crippen molar-refractivity contribution in [2.45, 2.75) is 57.5 Å². The summed E-state index contributed by atoms with van der Waals surface area (Å²) in [5.41, 5.74) is 0.445. The van der Waals surface area contributed by atoms with Gasteiger partial charge in [-0.25, -0.2) is 8.42 Å². The number of carbonyl (C=O) groups is 1. The van der Waals surface area contributed by atoms with Gasteiger partial charge in [-0.2, -0.15) is 4.31 Å². The summed E-state index contributed by atoms with van der Waals surface area (Å²) in [6.45, 7) is 8.64. The number of hydrogen-bond donors (Lipinski definition) is 0. The number of amides is 1. The van der Waals surface area contributed by atoms with Gasteiger partial charge in [-0.15, -0.1) is 0 Å². The Labute approximate surface area is 145 Å². The van der Waals surface area contributed by atoms with E-state index in [2.05, 4.69) is 13.8 Å². The molecule has 1 fully saturated rings. The van der Waals surface area contributed by atoms with E-state index in [1.54, 1.807) is 25.2 Å². The minimum absolute atomic E-state index is 0.0737. The van der Waals surface area contributed by atoms with Crippen molar-refractivity contribution < 1.29 is 13.2 Å². The van der Waals surface area contributed by atoms with Crippen LogP contribution in [0.5, 0.6) is 0 Å². The molecule has 0 radical (unpaired) electrons. The van der Waals surface area contributed by atoms with Crippen LogP contribution in [0.15, 0.2) is 29.2 Å². The summed E-state index contributed by atoms with van der Waals surface area (Å²) in [6, 6.07) is 6.50. The highest BCUT2D eigenvalue weighted by Gasteiger charge is 2.34. The van der Waals surface area contributed by atoms with E-state index < -0.39 is 10.0 Å². The first-order valence-electron chi connectivity index (χ1n) is 8.59. The molecule has 1 amide bonds. The summed E-state index contributed by atoms with van der Waals surface area (Å²) in [4.78, 5) is 14.9. The highest BCUT2D eigenvalue weighted by Crippen LogP contribution is 2.28. The van der Waals surface area contributed by atoms with E-state index in [-0.39, 0.29) is 22.9 Å². The van der Waals surface area contributed by atoms with Crippen molar-refractivity contribution in [2.75, 3.05) is 13.6 Å². The molecule has 0 bridgehead atoms. The lowest BCUT2D eigenvalue weighted by atomic mass is 10.0. The second-order valence-corrected chi connectivity index (χ2v) is 8.88. The zero-order valence-electron chi connectivity index (χ0n) is 15.2. The zero-order chi connectivity index (χ0) is 18.1. The van der Waals surface area contributed by atoms with Crippen LogP contribution in [0.1, 0.15) is 50.9 Å². The molecular weight excluding hydrogens is 324 g/mol. The van der Waals surface area contributed by atoms with Crippen LogP contribution in [0.2, 0.25) is 0 Å². The molecule has 0 saturated carbocycles. The Morgan fingerprint density at radius 1 is 1.38 bits per heavy atom. The van der Waals surface area contributed by atoms with Crippen LogP contribution >= 0.6 is 0 Å². The molecule has 2 atom stereocenters. The molecule has 0 N–H and O–H groups in total. The normalized spacial score (nSPS) is 21.7. The first kappa shape index (κ1) is 18.9. The Kier molecular flexibility index (Phi) is 5.71. The molecule has 0 aliphatic carbocycles. The van der Waals surface area contributed by atoms with Gasteiger partial charge in [-0.3, -0.25) is 4.79 Å². The summed E-state index contributed by atoms with van der Waals surface area (Å²) >= 11 is 0. The number of likely N-dealkylation sites (tertiary alicyclic amines) is 1. The number of carbonyl (C=O) groups excluding carboxylic acids is 1. The maximum atomic E-state index is 12.9. The number of sulfonamides is 1. The lowest BCUT2D eigenvalue weighted by Crippen LogP contribution is -2.37. The van der Waals surface area contributed by atoms with Crippen molar-refractivity contribution >= 4 is 15.9 Å². The Balaban J connectivity index is 2.33. The summed E-state index contributed by atoms with van der Waals surface area (Å²) < 4.78 is 26.6. The number of benzene rings is 1. The van der Waals surface area contributed by atoms with Crippen LogP contribution in [0.4, 0.5) is 0 Å². The Bertz CT molecular complexity index is 700. The summed E-state index contributed by atoms with van der Waals surface area (Å²) in [5, 5.41) is 0. The smallest absolute Gasteiger partial charge is 0.254 e. The van der Waals surface area contributed by atoms with Gasteiger partial charge in [0.05, 0.1) is 4.90 Å². The van der Waals surface area contributed by atoms with E-state index in [4.69, 9.17) is 0 Å². The van der Waals surface area contributed by atoms with Crippen molar-refractivity contribution in [3.05, 3.63) is 29.8 Å². The van der Waals surface area contributed by atoms with E-state index >= 15 is 0 Å². The average Bonchev–Trinajstić information content (AvgIpc) is 2.94. The van der Waals surface area contributed by atoms with Crippen LogP contribution < -0.4 is 0 Å². The molecule has 1 heterocycles. The number of nitrogens with zero attached hydrogens (tertiary/aromatic N) is 2. The van der Waals surface area contributed by atoms with Gasteiger partial charge in [-0.05, 0) is 50.8 Å². The van der Waals surface area contributed by atoms with Crippen LogP contribution in [0.25, 0.3) is 0 Å². The first-order chi connectivity index (χ1) is 11.2. The molecule has 1 aromatic carbocycles. The molecule has 1 aliphatic rings. The minimum Gasteiger partial charge on any atom is -0.335 e. The van der Waals surface area contributed by atoms with Crippen LogP contribution in [-0.4, -0.2) is 49.2 Å². The topological polar surface area (TPSA) is 57.7 Å². The average molecular weight is 353 g/mol. The van der Waals surface area contributed by atoms with E-state index in [1.807, 2.05) is 18.7 Å². The molecule has 0 aromatic heterocycles. The fourth-order valence-electron chi connectivity index (χ4n) is 3.28. The Morgan fingerprint density at radius 3 is 2.62 bits per heavy atom. The maximum absolute atomic E-state index is 12.9. The minimum atomic E-state index is -3.59. The third-order valence-corrected chi connectivity index (χ3v) is 7.08. The molecule has 1 saturated heterocycles. The molecule has 1 aromatic rings. The molecule has 0 unspecified atom stereocenters. The first-order valence-corrected chi connectivity index (χ1v) is 10.0. The second-order valence-electron chi connectivity index (χ2n) is 6.88. The van der Waals surface area contributed by atoms with E-state index in [9.17, 15) is 13.2 Å².